The molecule has 1 fully saturated rings. The summed E-state index contributed by atoms with van der Waals surface area (Å²) in [6.45, 7) is -0.749. The fraction of sp³-hybridized carbons (Fsp3) is 0.300. The molecule has 0 aliphatic carbocycles. The van der Waals surface area contributed by atoms with Gasteiger partial charge in [0.15, 0.2) is 34.5 Å². The van der Waals surface area contributed by atoms with E-state index in [1.54, 1.807) is 0 Å². The molecule has 3 rings (SSSR count). The molecule has 34 heavy (non-hydrogen) atoms. The largest absolute Gasteiger partial charge is 0.504 e. The number of rotatable bonds is 5. The summed E-state index contributed by atoms with van der Waals surface area (Å²) in [4.78, 5) is 24.5. The van der Waals surface area contributed by atoms with Gasteiger partial charge in [-0.15, -0.1) is 0 Å². The maximum absolute atomic E-state index is 12.3. The quantitative estimate of drug-likeness (QED) is 0.178. The second-order valence-corrected chi connectivity index (χ2v) is 7.24. The Hall–Kier alpha value is -3.98. The van der Waals surface area contributed by atoms with Crippen molar-refractivity contribution in [3.05, 3.63) is 35.4 Å². The fourth-order valence-corrected chi connectivity index (χ4v) is 3.01. The normalized spacial score (nSPS) is 24.4. The molecule has 184 valence electrons. The van der Waals surface area contributed by atoms with E-state index in [1.165, 1.54) is 0 Å². The monoisotopic (exact) mass is 484 g/mol. The molecule has 14 heteroatoms. The summed E-state index contributed by atoms with van der Waals surface area (Å²) in [6, 6.07) is 3.08. The Morgan fingerprint density at radius 2 is 1.15 bits per heavy atom. The van der Waals surface area contributed by atoms with Gasteiger partial charge in [0.25, 0.3) is 0 Å². The third-order valence-corrected chi connectivity index (χ3v) is 4.88. The van der Waals surface area contributed by atoms with E-state index in [1.807, 2.05) is 0 Å². The predicted octanol–water partition coefficient (Wildman–Crippen LogP) is -1.26. The molecular formula is C20H20O14. The van der Waals surface area contributed by atoms with Crippen molar-refractivity contribution in [1.82, 2.24) is 0 Å². The molecule has 2 aromatic carbocycles. The van der Waals surface area contributed by atoms with Crippen molar-refractivity contribution in [2.45, 2.75) is 30.7 Å². The van der Waals surface area contributed by atoms with Crippen molar-refractivity contribution in [3.63, 3.8) is 0 Å². The maximum atomic E-state index is 12.3. The molecule has 0 bridgehead atoms. The lowest BCUT2D eigenvalue weighted by Crippen LogP contribution is -2.59. The summed E-state index contributed by atoms with van der Waals surface area (Å²) in [5.74, 6) is -7.45. The van der Waals surface area contributed by atoms with Crippen molar-refractivity contribution in [2.24, 2.45) is 0 Å². The number of aliphatic hydroxyl groups excluding tert-OH is 3. The first kappa shape index (κ1) is 24.7. The van der Waals surface area contributed by atoms with Crippen LogP contribution in [0.5, 0.6) is 34.5 Å². The zero-order chi connectivity index (χ0) is 25.3. The lowest BCUT2D eigenvalue weighted by molar-refractivity contribution is -0.285. The zero-order valence-electron chi connectivity index (χ0n) is 17.0. The molecule has 0 radical (unpaired) electrons. The first-order valence-corrected chi connectivity index (χ1v) is 9.48. The molecule has 5 atom stereocenters. The summed E-state index contributed by atoms with van der Waals surface area (Å²) in [5, 5.41) is 86.9. The summed E-state index contributed by atoms with van der Waals surface area (Å²) in [5.41, 5.74) is -0.840. The second kappa shape index (κ2) is 9.48. The van der Waals surface area contributed by atoms with Gasteiger partial charge >= 0.3 is 11.9 Å². The van der Waals surface area contributed by atoms with Crippen LogP contribution in [0, 0.1) is 0 Å². The SMILES string of the molecule is O=C(OCC1OC(OC(=O)c2cc(O)c(O)c(O)c2)[C@@H](O)C(O)C1O)c1cc(O)c(O)c(O)c1. The van der Waals surface area contributed by atoms with E-state index in [2.05, 4.69) is 0 Å². The first-order chi connectivity index (χ1) is 15.9. The minimum atomic E-state index is -1.95. The third-order valence-electron chi connectivity index (χ3n) is 4.88. The molecule has 14 nitrogen and oxygen atoms in total. The van der Waals surface area contributed by atoms with Crippen LogP contribution < -0.4 is 0 Å². The molecule has 2 aromatic rings. The van der Waals surface area contributed by atoms with Crippen LogP contribution in [0.4, 0.5) is 0 Å². The Kier molecular flexibility index (Phi) is 6.88. The highest BCUT2D eigenvalue weighted by Gasteiger charge is 2.46. The average molecular weight is 484 g/mol. The first-order valence-electron chi connectivity index (χ1n) is 9.48. The molecular weight excluding hydrogens is 464 g/mol. The molecule has 1 aliphatic rings. The van der Waals surface area contributed by atoms with Crippen LogP contribution in [0.15, 0.2) is 24.3 Å². The van der Waals surface area contributed by atoms with Crippen LogP contribution in [0.2, 0.25) is 0 Å². The number of esters is 2. The van der Waals surface area contributed by atoms with Gasteiger partial charge in [0.1, 0.15) is 31.0 Å². The average Bonchev–Trinajstić information content (AvgIpc) is 2.79. The topological polar surface area (TPSA) is 244 Å². The van der Waals surface area contributed by atoms with E-state index in [4.69, 9.17) is 14.2 Å². The molecule has 1 aliphatic heterocycles. The van der Waals surface area contributed by atoms with Gasteiger partial charge in [-0.2, -0.15) is 0 Å². The van der Waals surface area contributed by atoms with E-state index < -0.39 is 89.3 Å². The number of aliphatic hydroxyl groups is 3. The Balaban J connectivity index is 1.70. The Morgan fingerprint density at radius 3 is 1.62 bits per heavy atom. The smallest absolute Gasteiger partial charge is 0.340 e. The fourth-order valence-electron chi connectivity index (χ4n) is 3.01. The number of ether oxygens (including phenoxy) is 3. The molecule has 0 spiro atoms. The lowest BCUT2D eigenvalue weighted by atomic mass is 9.99. The molecule has 4 unspecified atom stereocenters. The van der Waals surface area contributed by atoms with Crippen LogP contribution in [-0.4, -0.2) is 95.2 Å². The number of hydrogen-bond donors (Lipinski definition) is 9. The van der Waals surface area contributed by atoms with Gasteiger partial charge in [0.2, 0.25) is 6.29 Å². The van der Waals surface area contributed by atoms with E-state index >= 15 is 0 Å². The van der Waals surface area contributed by atoms with Crippen LogP contribution in [-0.2, 0) is 14.2 Å². The number of phenols is 6. The number of phenolic OH excluding ortho intramolecular Hbond substituents is 6. The summed E-state index contributed by atoms with van der Waals surface area (Å²) in [7, 11) is 0. The van der Waals surface area contributed by atoms with Gasteiger partial charge in [-0.25, -0.2) is 9.59 Å². The Labute approximate surface area is 189 Å². The van der Waals surface area contributed by atoms with Gasteiger partial charge in [-0.1, -0.05) is 0 Å². The van der Waals surface area contributed by atoms with Crippen LogP contribution >= 0.6 is 0 Å². The summed E-state index contributed by atoms with van der Waals surface area (Å²) in [6.07, 6.45) is -9.09. The Morgan fingerprint density at radius 1 is 0.706 bits per heavy atom. The predicted molar refractivity (Wildman–Crippen MR) is 105 cm³/mol. The van der Waals surface area contributed by atoms with Gasteiger partial charge in [0.05, 0.1) is 11.1 Å². The van der Waals surface area contributed by atoms with Gasteiger partial charge < -0.3 is 60.2 Å². The van der Waals surface area contributed by atoms with E-state index in [-0.39, 0.29) is 5.56 Å². The Bertz CT molecular complexity index is 1050. The highest BCUT2D eigenvalue weighted by Crippen LogP contribution is 2.37. The van der Waals surface area contributed by atoms with Crippen molar-refractivity contribution in [3.8, 4) is 34.5 Å². The van der Waals surface area contributed by atoms with E-state index in [9.17, 15) is 55.5 Å². The standard InChI is InChI=1S/C20H20O14/c21-8-1-6(2-9(22)13(8)25)18(30)32-5-12-15(27)16(28)17(29)20(33-12)34-19(31)7-3-10(23)14(26)11(24)4-7/h1-4,12,15-17,20-29H,5H2/t12?,15?,16?,17-,20?/m0/s1. The van der Waals surface area contributed by atoms with Gasteiger partial charge in [0, 0.05) is 0 Å². The minimum absolute atomic E-state index is 0.381. The highest BCUT2D eigenvalue weighted by atomic mass is 16.7. The number of hydrogen-bond acceptors (Lipinski definition) is 14. The van der Waals surface area contributed by atoms with E-state index in [0.717, 1.165) is 24.3 Å². The second-order valence-electron chi connectivity index (χ2n) is 7.24. The van der Waals surface area contributed by atoms with Crippen LogP contribution in [0.25, 0.3) is 0 Å². The number of carbonyl (C=O) groups is 2. The summed E-state index contributed by atoms with van der Waals surface area (Å²) < 4.78 is 15.0. The van der Waals surface area contributed by atoms with Crippen molar-refractivity contribution in [2.75, 3.05) is 6.61 Å². The molecule has 0 saturated carbocycles. The third kappa shape index (κ3) is 4.84. The lowest BCUT2D eigenvalue weighted by Gasteiger charge is -2.39. The highest BCUT2D eigenvalue weighted by molar-refractivity contribution is 5.91. The van der Waals surface area contributed by atoms with Crippen LogP contribution in [0.1, 0.15) is 20.7 Å². The van der Waals surface area contributed by atoms with Crippen LogP contribution in [0.3, 0.4) is 0 Å². The van der Waals surface area contributed by atoms with Gasteiger partial charge in [-0.3, -0.25) is 0 Å². The molecule has 0 aromatic heterocycles. The number of carbonyl (C=O) groups excluding carboxylic acids is 2. The number of benzene rings is 2. The molecule has 9 N–H and O–H groups in total. The molecule has 0 amide bonds. The van der Waals surface area contributed by atoms with Gasteiger partial charge in [-0.05, 0) is 24.3 Å². The maximum Gasteiger partial charge on any atom is 0.340 e. The zero-order valence-corrected chi connectivity index (χ0v) is 17.0. The summed E-state index contributed by atoms with van der Waals surface area (Å²) >= 11 is 0. The molecule has 1 saturated heterocycles. The van der Waals surface area contributed by atoms with Crippen molar-refractivity contribution < 1.29 is 69.8 Å². The van der Waals surface area contributed by atoms with Crippen molar-refractivity contribution >= 4 is 11.9 Å². The van der Waals surface area contributed by atoms with E-state index in [0.29, 0.717) is 0 Å². The molecule has 1 heterocycles. The van der Waals surface area contributed by atoms with Crippen molar-refractivity contribution in [1.29, 1.82) is 0 Å². The minimum Gasteiger partial charge on any atom is -0.504 e. The number of aromatic hydroxyl groups is 6.